The minimum atomic E-state index is 0.621. The van der Waals surface area contributed by atoms with Gasteiger partial charge in [-0.05, 0) is 12.1 Å². The predicted molar refractivity (Wildman–Crippen MR) is 52.5 cm³/mol. The fraction of sp³-hybridized carbons (Fsp3) is 0. The maximum absolute atomic E-state index is 8.84. The van der Waals surface area contributed by atoms with Crippen LogP contribution in [0.2, 0.25) is 0 Å². The van der Waals surface area contributed by atoms with Crippen LogP contribution in [0.5, 0.6) is 0 Å². The summed E-state index contributed by atoms with van der Waals surface area (Å²) in [4.78, 5) is 4.99. The topological polar surface area (TPSA) is 59.1 Å². The number of anilines is 1. The number of aromatic nitrogens is 1. The molecular weight excluding hydrogens is 192 g/mol. The van der Waals surface area contributed by atoms with Gasteiger partial charge in [-0.15, -0.1) is 11.3 Å². The molecule has 0 fully saturated rings. The summed E-state index contributed by atoms with van der Waals surface area (Å²) in [5, 5.41) is 0.916. The van der Waals surface area contributed by atoms with Gasteiger partial charge >= 0.3 is 0 Å². The van der Waals surface area contributed by atoms with E-state index in [4.69, 9.17) is 10.3 Å². The second kappa shape index (κ2) is 2.93. The average molecular weight is 198 g/mol. The Balaban J connectivity index is 2.78. The van der Waals surface area contributed by atoms with Crippen molar-refractivity contribution in [3.8, 4) is 0 Å². The summed E-state index contributed by atoms with van der Waals surface area (Å²) in [6, 6.07) is 3.73. The fourth-order valence-electron chi connectivity index (χ4n) is 0.998. The van der Waals surface area contributed by atoms with Crippen molar-refractivity contribution in [1.29, 1.82) is 0 Å². The van der Waals surface area contributed by atoms with Crippen molar-refractivity contribution in [3.63, 3.8) is 0 Å². The van der Waals surface area contributed by atoms with E-state index in [1.807, 2.05) is 12.1 Å². The van der Waals surface area contributed by atoms with Gasteiger partial charge in [-0.3, -0.25) is 0 Å². The maximum Gasteiger partial charge on any atom is 0.126 e. The summed E-state index contributed by atoms with van der Waals surface area (Å²) in [6.07, 6.45) is 1.71. The minimum Gasteiger partial charge on any atom is -0.397 e. The Morgan fingerprint density at radius 3 is 3.08 bits per heavy atom. The third-order valence-electron chi connectivity index (χ3n) is 1.55. The van der Waals surface area contributed by atoms with Crippen LogP contribution in [0.25, 0.3) is 10.2 Å². The molecule has 3 N–H and O–H groups in total. The standard InChI is InChI=1S/C7H6N2OS2/c8-5-4-2-1-3-9-6(4)11-7(5)12-10/h1-3,10H,8H2. The van der Waals surface area contributed by atoms with Crippen LogP contribution in [0.4, 0.5) is 5.69 Å². The molecule has 0 aliphatic carbocycles. The Labute approximate surface area is 77.4 Å². The second-order valence-corrected chi connectivity index (χ2v) is 4.10. The van der Waals surface area contributed by atoms with E-state index >= 15 is 0 Å². The largest absolute Gasteiger partial charge is 0.397 e. The van der Waals surface area contributed by atoms with E-state index in [0.29, 0.717) is 21.9 Å². The van der Waals surface area contributed by atoms with E-state index in [1.54, 1.807) is 6.20 Å². The molecule has 5 heteroatoms. The predicted octanol–water partition coefficient (Wildman–Crippen LogP) is 2.44. The van der Waals surface area contributed by atoms with Crippen LogP contribution < -0.4 is 5.73 Å². The van der Waals surface area contributed by atoms with E-state index in [-0.39, 0.29) is 0 Å². The number of pyridine rings is 1. The summed E-state index contributed by atoms with van der Waals surface area (Å²) in [6.45, 7) is 0. The van der Waals surface area contributed by atoms with Gasteiger partial charge in [0, 0.05) is 23.6 Å². The normalized spacial score (nSPS) is 10.8. The maximum atomic E-state index is 8.84. The molecule has 0 aromatic carbocycles. The van der Waals surface area contributed by atoms with E-state index in [9.17, 15) is 0 Å². The van der Waals surface area contributed by atoms with Crippen LogP contribution in [0.15, 0.2) is 22.5 Å². The number of nitrogens with two attached hydrogens (primary N) is 1. The van der Waals surface area contributed by atoms with Crippen molar-refractivity contribution >= 4 is 39.3 Å². The molecule has 0 amide bonds. The zero-order valence-electron chi connectivity index (χ0n) is 6.02. The minimum absolute atomic E-state index is 0.621. The van der Waals surface area contributed by atoms with Crippen LogP contribution in [0, 0.1) is 0 Å². The molecule has 2 aromatic heterocycles. The van der Waals surface area contributed by atoms with Crippen LogP contribution in [-0.2, 0) is 0 Å². The summed E-state index contributed by atoms with van der Waals surface area (Å²) in [5.41, 5.74) is 6.36. The molecule has 0 unspecified atom stereocenters. The lowest BCUT2D eigenvalue weighted by atomic mass is 10.3. The Kier molecular flexibility index (Phi) is 1.92. The summed E-state index contributed by atoms with van der Waals surface area (Å²) < 4.78 is 9.55. The van der Waals surface area contributed by atoms with Gasteiger partial charge in [0.2, 0.25) is 0 Å². The average Bonchev–Trinajstić information content (AvgIpc) is 2.44. The van der Waals surface area contributed by atoms with Gasteiger partial charge in [0.05, 0.1) is 5.69 Å². The molecule has 12 heavy (non-hydrogen) atoms. The summed E-state index contributed by atoms with van der Waals surface area (Å²) in [5.74, 6) is 0. The monoisotopic (exact) mass is 198 g/mol. The van der Waals surface area contributed by atoms with Crippen molar-refractivity contribution in [2.45, 2.75) is 4.21 Å². The molecular formula is C7H6N2OS2. The summed E-state index contributed by atoms with van der Waals surface area (Å²) in [7, 11) is 0. The molecule has 2 heterocycles. The molecule has 0 bridgehead atoms. The number of rotatable bonds is 1. The van der Waals surface area contributed by atoms with Crippen LogP contribution in [-0.4, -0.2) is 9.54 Å². The first-order valence-corrected chi connectivity index (χ1v) is 4.86. The van der Waals surface area contributed by atoms with Crippen LogP contribution >= 0.6 is 23.4 Å². The highest BCUT2D eigenvalue weighted by molar-refractivity contribution is 7.96. The SMILES string of the molecule is Nc1c(SO)sc2ncccc12. The van der Waals surface area contributed by atoms with E-state index in [0.717, 1.165) is 10.2 Å². The highest BCUT2D eigenvalue weighted by atomic mass is 32.2. The summed E-state index contributed by atoms with van der Waals surface area (Å²) >= 11 is 2.08. The zero-order valence-corrected chi connectivity index (χ0v) is 7.65. The number of fused-ring (bicyclic) bond motifs is 1. The third-order valence-corrected chi connectivity index (χ3v) is 3.34. The Morgan fingerprint density at radius 2 is 2.42 bits per heavy atom. The molecule has 2 aromatic rings. The molecule has 0 radical (unpaired) electrons. The van der Waals surface area contributed by atoms with Gasteiger partial charge in [0.25, 0.3) is 0 Å². The molecule has 0 aliphatic rings. The van der Waals surface area contributed by atoms with Gasteiger partial charge in [0.15, 0.2) is 0 Å². The van der Waals surface area contributed by atoms with E-state index in [2.05, 4.69) is 4.98 Å². The molecule has 62 valence electrons. The molecule has 0 aliphatic heterocycles. The van der Waals surface area contributed by atoms with Crippen molar-refractivity contribution in [2.24, 2.45) is 0 Å². The first-order valence-electron chi connectivity index (χ1n) is 3.27. The van der Waals surface area contributed by atoms with Gasteiger partial charge < -0.3 is 10.3 Å². The number of hydrogen-bond donors (Lipinski definition) is 2. The van der Waals surface area contributed by atoms with Crippen molar-refractivity contribution in [1.82, 2.24) is 4.98 Å². The number of nitrogens with zero attached hydrogens (tertiary/aromatic N) is 1. The van der Waals surface area contributed by atoms with Crippen LogP contribution in [0.1, 0.15) is 0 Å². The Hall–Kier alpha value is -0.780. The molecule has 3 nitrogen and oxygen atoms in total. The lowest BCUT2D eigenvalue weighted by molar-refractivity contribution is 0.666. The van der Waals surface area contributed by atoms with Gasteiger partial charge in [-0.25, -0.2) is 4.98 Å². The van der Waals surface area contributed by atoms with Crippen molar-refractivity contribution < 1.29 is 4.55 Å². The van der Waals surface area contributed by atoms with Gasteiger partial charge in [0.1, 0.15) is 9.04 Å². The Morgan fingerprint density at radius 1 is 1.58 bits per heavy atom. The number of hydrogen-bond acceptors (Lipinski definition) is 5. The smallest absolute Gasteiger partial charge is 0.126 e. The highest BCUT2D eigenvalue weighted by Crippen LogP contribution is 2.37. The third kappa shape index (κ3) is 1.06. The Bertz CT molecular complexity index is 413. The lowest BCUT2D eigenvalue weighted by Crippen LogP contribution is -1.82. The molecule has 2 rings (SSSR count). The number of thiophene rings is 1. The first kappa shape index (κ1) is 7.85. The molecule has 0 atom stereocenters. The second-order valence-electron chi connectivity index (χ2n) is 2.25. The van der Waals surface area contributed by atoms with Crippen LogP contribution in [0.3, 0.4) is 0 Å². The molecule has 0 saturated carbocycles. The quantitative estimate of drug-likeness (QED) is 0.691. The van der Waals surface area contributed by atoms with Gasteiger partial charge in [-0.1, -0.05) is 0 Å². The van der Waals surface area contributed by atoms with Crippen molar-refractivity contribution in [3.05, 3.63) is 18.3 Å². The van der Waals surface area contributed by atoms with Crippen molar-refractivity contribution in [2.75, 3.05) is 5.73 Å². The molecule has 0 saturated heterocycles. The van der Waals surface area contributed by atoms with E-state index in [1.165, 1.54) is 11.3 Å². The first-order chi connectivity index (χ1) is 5.83. The highest BCUT2D eigenvalue weighted by Gasteiger charge is 2.08. The molecule has 0 spiro atoms. The van der Waals surface area contributed by atoms with Gasteiger partial charge in [-0.2, -0.15) is 0 Å². The van der Waals surface area contributed by atoms with E-state index < -0.39 is 0 Å². The zero-order chi connectivity index (χ0) is 8.55. The lowest BCUT2D eigenvalue weighted by Gasteiger charge is -1.89. The fourth-order valence-corrected chi connectivity index (χ4v) is 2.39. The number of nitrogen functional groups attached to an aromatic ring is 1.